The number of nitrogens with one attached hydrogen (secondary N) is 1. The smallest absolute Gasteiger partial charge is 0.259 e. The van der Waals surface area contributed by atoms with E-state index < -0.39 is 15.7 Å². The SMILES string of the molecule is Cc1ccc(C)c(CN2C(=O)c3ccccc3S(=O)(=O)c3ccc(C(=O)N[C@@H]4CCC[C@H](C)[C@H]4C)cc32)c1. The topological polar surface area (TPSA) is 83.6 Å². The van der Waals surface area contributed by atoms with Crippen molar-refractivity contribution in [3.05, 3.63) is 88.5 Å². The zero-order valence-electron chi connectivity index (χ0n) is 22.3. The van der Waals surface area contributed by atoms with Crippen LogP contribution in [0.15, 0.2) is 70.5 Å². The van der Waals surface area contributed by atoms with Gasteiger partial charge in [0, 0.05) is 11.6 Å². The first-order valence-corrected chi connectivity index (χ1v) is 14.7. The van der Waals surface area contributed by atoms with E-state index >= 15 is 0 Å². The van der Waals surface area contributed by atoms with Gasteiger partial charge in [0.25, 0.3) is 11.8 Å². The molecule has 0 spiro atoms. The molecule has 3 atom stereocenters. The molecule has 0 unspecified atom stereocenters. The minimum atomic E-state index is -3.99. The van der Waals surface area contributed by atoms with Crippen LogP contribution in [-0.2, 0) is 16.4 Å². The first-order chi connectivity index (χ1) is 18.1. The lowest BCUT2D eigenvalue weighted by atomic mass is 9.78. The summed E-state index contributed by atoms with van der Waals surface area (Å²) in [5, 5.41) is 3.18. The number of nitrogens with zero attached hydrogens (tertiary/aromatic N) is 1. The molecule has 1 fully saturated rings. The fourth-order valence-corrected chi connectivity index (χ4v) is 7.31. The second-order valence-corrected chi connectivity index (χ2v) is 12.7. The van der Waals surface area contributed by atoms with Gasteiger partial charge in [-0.25, -0.2) is 8.42 Å². The Morgan fingerprint density at radius 2 is 1.74 bits per heavy atom. The van der Waals surface area contributed by atoms with E-state index in [0.29, 0.717) is 17.4 Å². The van der Waals surface area contributed by atoms with Gasteiger partial charge < -0.3 is 10.2 Å². The predicted octanol–water partition coefficient (Wildman–Crippen LogP) is 5.85. The molecule has 1 aliphatic heterocycles. The normalized spacial score (nSPS) is 22.3. The molecule has 1 aliphatic carbocycles. The lowest BCUT2D eigenvalue weighted by Crippen LogP contribution is -2.43. The summed E-state index contributed by atoms with van der Waals surface area (Å²) in [6, 6.07) is 17.0. The molecule has 1 saturated carbocycles. The van der Waals surface area contributed by atoms with Gasteiger partial charge in [-0.05, 0) is 73.6 Å². The lowest BCUT2D eigenvalue weighted by molar-refractivity contribution is 0.0889. The molecule has 3 aromatic rings. The third-order valence-electron chi connectivity index (χ3n) is 8.31. The summed E-state index contributed by atoms with van der Waals surface area (Å²) in [4.78, 5) is 28.8. The van der Waals surface area contributed by atoms with E-state index in [9.17, 15) is 18.0 Å². The molecule has 0 radical (unpaired) electrons. The Morgan fingerprint density at radius 1 is 0.974 bits per heavy atom. The Hall–Kier alpha value is -3.45. The molecule has 1 heterocycles. The highest BCUT2D eigenvalue weighted by atomic mass is 32.2. The van der Waals surface area contributed by atoms with Gasteiger partial charge in [0.1, 0.15) is 0 Å². The molecule has 7 heteroatoms. The molecule has 0 saturated heterocycles. The standard InChI is InChI=1S/C31H34N2O4S/c1-19-12-13-21(3)24(16-19)18-33-27-17-23(30(34)32-26-10-7-8-20(2)22(26)4)14-15-29(27)38(36,37)28-11-6-5-9-25(28)31(33)35/h5-6,9,11-17,20,22,26H,7-8,10,18H2,1-4H3,(H,32,34)/t20-,22+,26+/m0/s1. The molecule has 2 aliphatic rings. The number of anilines is 1. The minimum absolute atomic E-state index is 0.0167. The zero-order chi connectivity index (χ0) is 27.2. The molecule has 38 heavy (non-hydrogen) atoms. The maximum absolute atomic E-state index is 13.9. The summed E-state index contributed by atoms with van der Waals surface area (Å²) in [6.07, 6.45) is 3.14. The van der Waals surface area contributed by atoms with Crippen molar-refractivity contribution in [2.75, 3.05) is 4.90 Å². The van der Waals surface area contributed by atoms with Crippen LogP contribution in [0.1, 0.15) is 70.5 Å². The van der Waals surface area contributed by atoms with E-state index in [1.165, 1.54) is 17.0 Å². The van der Waals surface area contributed by atoms with Crippen LogP contribution < -0.4 is 10.2 Å². The quantitative estimate of drug-likeness (QED) is 0.459. The fourth-order valence-electron chi connectivity index (χ4n) is 5.68. The Balaban J connectivity index is 1.61. The van der Waals surface area contributed by atoms with Gasteiger partial charge in [-0.15, -0.1) is 0 Å². The zero-order valence-corrected chi connectivity index (χ0v) is 23.1. The van der Waals surface area contributed by atoms with E-state index in [1.807, 2.05) is 32.0 Å². The number of carbonyl (C=O) groups is 2. The van der Waals surface area contributed by atoms with Crippen molar-refractivity contribution in [1.29, 1.82) is 0 Å². The minimum Gasteiger partial charge on any atom is -0.349 e. The summed E-state index contributed by atoms with van der Waals surface area (Å²) >= 11 is 0. The Morgan fingerprint density at radius 3 is 2.53 bits per heavy atom. The maximum Gasteiger partial charge on any atom is 0.259 e. The lowest BCUT2D eigenvalue weighted by Gasteiger charge is -2.34. The number of hydrogen-bond donors (Lipinski definition) is 1. The number of rotatable bonds is 4. The molecule has 0 bridgehead atoms. The van der Waals surface area contributed by atoms with Crippen LogP contribution >= 0.6 is 0 Å². The number of carbonyl (C=O) groups excluding carboxylic acids is 2. The third kappa shape index (κ3) is 4.64. The van der Waals surface area contributed by atoms with Gasteiger partial charge in [0.05, 0.1) is 27.6 Å². The Bertz CT molecular complexity index is 1530. The van der Waals surface area contributed by atoms with Crippen molar-refractivity contribution < 1.29 is 18.0 Å². The first kappa shape index (κ1) is 26.2. The molecule has 3 aromatic carbocycles. The van der Waals surface area contributed by atoms with E-state index in [2.05, 4.69) is 19.2 Å². The predicted molar refractivity (Wildman–Crippen MR) is 148 cm³/mol. The molecule has 1 N–H and O–H groups in total. The highest BCUT2D eigenvalue weighted by Gasteiger charge is 2.36. The molecular weight excluding hydrogens is 496 g/mol. The van der Waals surface area contributed by atoms with Crippen LogP contribution in [0, 0.1) is 25.7 Å². The maximum atomic E-state index is 13.9. The Labute approximate surface area is 225 Å². The van der Waals surface area contributed by atoms with Crippen LogP contribution in [0.5, 0.6) is 0 Å². The van der Waals surface area contributed by atoms with Crippen molar-refractivity contribution >= 4 is 27.3 Å². The first-order valence-electron chi connectivity index (χ1n) is 13.2. The molecule has 198 valence electrons. The van der Waals surface area contributed by atoms with E-state index in [4.69, 9.17) is 0 Å². The second-order valence-electron chi connectivity index (χ2n) is 10.9. The Kier molecular flexibility index (Phi) is 6.90. The van der Waals surface area contributed by atoms with Crippen LogP contribution in [0.2, 0.25) is 0 Å². The largest absolute Gasteiger partial charge is 0.349 e. The average Bonchev–Trinajstić information content (AvgIpc) is 2.96. The number of hydrogen-bond acceptors (Lipinski definition) is 4. The second kappa shape index (κ2) is 10.0. The van der Waals surface area contributed by atoms with Gasteiger partial charge >= 0.3 is 0 Å². The van der Waals surface area contributed by atoms with Gasteiger partial charge in [0.15, 0.2) is 0 Å². The summed E-state index contributed by atoms with van der Waals surface area (Å²) in [5.74, 6) is 0.217. The van der Waals surface area contributed by atoms with Gasteiger partial charge in [-0.2, -0.15) is 0 Å². The van der Waals surface area contributed by atoms with Gasteiger partial charge in [0.2, 0.25) is 9.84 Å². The van der Waals surface area contributed by atoms with E-state index in [1.54, 1.807) is 30.3 Å². The number of fused-ring (bicyclic) bond motifs is 2. The van der Waals surface area contributed by atoms with Crippen molar-refractivity contribution in [3.8, 4) is 0 Å². The number of aryl methyl sites for hydroxylation is 2. The van der Waals surface area contributed by atoms with Crippen molar-refractivity contribution in [2.24, 2.45) is 11.8 Å². The van der Waals surface area contributed by atoms with Crippen molar-refractivity contribution in [1.82, 2.24) is 5.32 Å². The fraction of sp³-hybridized carbons (Fsp3) is 0.355. The van der Waals surface area contributed by atoms with E-state index in [-0.39, 0.29) is 39.5 Å². The van der Waals surface area contributed by atoms with Crippen LogP contribution in [0.4, 0.5) is 5.69 Å². The number of amides is 2. The summed E-state index contributed by atoms with van der Waals surface area (Å²) in [7, 11) is -3.99. The van der Waals surface area contributed by atoms with Crippen molar-refractivity contribution in [2.45, 2.75) is 69.3 Å². The molecule has 5 rings (SSSR count). The van der Waals surface area contributed by atoms with Gasteiger partial charge in [-0.3, -0.25) is 9.59 Å². The summed E-state index contributed by atoms with van der Waals surface area (Å²) < 4.78 is 27.6. The monoisotopic (exact) mass is 530 g/mol. The molecule has 6 nitrogen and oxygen atoms in total. The van der Waals surface area contributed by atoms with Crippen LogP contribution in [0.3, 0.4) is 0 Å². The number of sulfone groups is 1. The molecule has 2 amide bonds. The number of benzene rings is 3. The van der Waals surface area contributed by atoms with Crippen molar-refractivity contribution in [3.63, 3.8) is 0 Å². The molecule has 0 aromatic heterocycles. The van der Waals surface area contributed by atoms with Crippen LogP contribution in [-0.4, -0.2) is 26.3 Å². The summed E-state index contributed by atoms with van der Waals surface area (Å²) in [6.45, 7) is 8.52. The molecular formula is C31H34N2O4S. The average molecular weight is 531 g/mol. The van der Waals surface area contributed by atoms with Gasteiger partial charge in [-0.1, -0.05) is 62.6 Å². The van der Waals surface area contributed by atoms with Crippen LogP contribution in [0.25, 0.3) is 0 Å². The highest BCUT2D eigenvalue weighted by Crippen LogP contribution is 2.38. The summed E-state index contributed by atoms with van der Waals surface area (Å²) in [5.41, 5.74) is 3.66. The van der Waals surface area contributed by atoms with E-state index in [0.717, 1.165) is 36.0 Å². The highest BCUT2D eigenvalue weighted by molar-refractivity contribution is 7.91. The third-order valence-corrected chi connectivity index (χ3v) is 10.2.